The minimum atomic E-state index is 0.560. The van der Waals surface area contributed by atoms with Crippen molar-refractivity contribution >= 4 is 0 Å². The zero-order valence-electron chi connectivity index (χ0n) is 11.9. The second-order valence-corrected chi connectivity index (χ2v) is 5.47. The monoisotopic (exact) mass is 271 g/mol. The Labute approximate surface area is 119 Å². The molecule has 106 valence electrons. The third kappa shape index (κ3) is 3.84. The summed E-state index contributed by atoms with van der Waals surface area (Å²) in [5.74, 6) is 0.653. The van der Waals surface area contributed by atoms with Gasteiger partial charge in [0.15, 0.2) is 0 Å². The molecule has 1 fully saturated rings. The normalized spacial score (nSPS) is 14.4. The fourth-order valence-corrected chi connectivity index (χ4v) is 2.13. The molecule has 1 saturated carbocycles. The molecule has 1 heterocycles. The molecule has 0 spiro atoms. The van der Waals surface area contributed by atoms with Crippen LogP contribution in [0.4, 0.5) is 0 Å². The van der Waals surface area contributed by atoms with Crippen LogP contribution in [0.2, 0.25) is 0 Å². The smallest absolute Gasteiger partial charge is 0.233 e. The van der Waals surface area contributed by atoms with E-state index < -0.39 is 0 Å². The number of benzene rings is 1. The van der Waals surface area contributed by atoms with Crippen molar-refractivity contribution in [1.29, 1.82) is 0 Å². The van der Waals surface area contributed by atoms with Crippen LogP contribution in [0.25, 0.3) is 0 Å². The number of ether oxygens (including phenoxy) is 1. The Hall–Kier alpha value is -1.81. The topological polar surface area (TPSA) is 49.9 Å². The summed E-state index contributed by atoms with van der Waals surface area (Å²) in [5.41, 5.74) is 3.56. The van der Waals surface area contributed by atoms with Gasteiger partial charge in [0.25, 0.3) is 0 Å². The zero-order valence-corrected chi connectivity index (χ0v) is 11.9. The van der Waals surface area contributed by atoms with Crippen molar-refractivity contribution in [3.05, 3.63) is 47.2 Å². The first-order chi connectivity index (χ1) is 9.79. The molecule has 1 aliphatic carbocycles. The maximum absolute atomic E-state index is 5.62. The number of aromatic nitrogens is 2. The first-order valence-corrected chi connectivity index (χ1v) is 7.25. The van der Waals surface area contributed by atoms with Crippen molar-refractivity contribution in [2.45, 2.75) is 38.8 Å². The van der Waals surface area contributed by atoms with Crippen molar-refractivity contribution in [2.75, 3.05) is 6.54 Å². The number of rotatable bonds is 7. The van der Waals surface area contributed by atoms with Gasteiger partial charge >= 0.3 is 0 Å². The molecular formula is C16H21N3O. The van der Waals surface area contributed by atoms with E-state index in [1.807, 2.05) is 13.0 Å². The molecule has 4 nitrogen and oxygen atoms in total. The van der Waals surface area contributed by atoms with Crippen LogP contribution >= 0.6 is 0 Å². The van der Waals surface area contributed by atoms with Crippen molar-refractivity contribution in [2.24, 2.45) is 0 Å². The molecule has 2 N–H and O–H groups in total. The Morgan fingerprint density at radius 1 is 1.25 bits per heavy atom. The van der Waals surface area contributed by atoms with Crippen LogP contribution in [0.3, 0.4) is 0 Å². The molecule has 0 saturated heterocycles. The van der Waals surface area contributed by atoms with E-state index in [0.29, 0.717) is 12.5 Å². The standard InChI is InChI=1S/C16H21N3O/c1-12-10-16(19-18-12)20-11-14-4-2-13(3-5-14)8-9-17-15-6-7-15/h2-5,10,15,17H,6-9,11H2,1H3,(H,18,19). The molecule has 0 radical (unpaired) electrons. The van der Waals surface area contributed by atoms with E-state index in [9.17, 15) is 0 Å². The molecule has 0 aliphatic heterocycles. The highest BCUT2D eigenvalue weighted by Crippen LogP contribution is 2.18. The van der Waals surface area contributed by atoms with Crippen molar-refractivity contribution in [1.82, 2.24) is 15.5 Å². The third-order valence-electron chi connectivity index (χ3n) is 3.52. The highest BCUT2D eigenvalue weighted by molar-refractivity contribution is 5.23. The van der Waals surface area contributed by atoms with Gasteiger partial charge in [-0.1, -0.05) is 24.3 Å². The number of aryl methyl sites for hydroxylation is 1. The van der Waals surface area contributed by atoms with Crippen LogP contribution in [0.15, 0.2) is 30.3 Å². The van der Waals surface area contributed by atoms with E-state index in [-0.39, 0.29) is 0 Å². The lowest BCUT2D eigenvalue weighted by Gasteiger charge is -2.06. The summed E-state index contributed by atoms with van der Waals surface area (Å²) in [5, 5.41) is 10.5. The SMILES string of the molecule is Cc1cc(OCc2ccc(CCNC3CC3)cc2)n[nH]1. The lowest BCUT2D eigenvalue weighted by Crippen LogP contribution is -2.19. The minimum absolute atomic E-state index is 0.560. The van der Waals surface area contributed by atoms with Gasteiger partial charge in [-0.05, 0) is 43.9 Å². The summed E-state index contributed by atoms with van der Waals surface area (Å²) in [6.07, 6.45) is 3.79. The first-order valence-electron chi connectivity index (χ1n) is 7.25. The van der Waals surface area contributed by atoms with Crippen LogP contribution in [-0.4, -0.2) is 22.8 Å². The van der Waals surface area contributed by atoms with Gasteiger partial charge in [0.05, 0.1) is 0 Å². The molecule has 0 bridgehead atoms. The van der Waals surface area contributed by atoms with Gasteiger partial charge in [-0.3, -0.25) is 5.10 Å². The molecule has 3 rings (SSSR count). The van der Waals surface area contributed by atoms with Crippen LogP contribution in [-0.2, 0) is 13.0 Å². The highest BCUT2D eigenvalue weighted by atomic mass is 16.5. The van der Waals surface area contributed by atoms with E-state index in [4.69, 9.17) is 4.74 Å². The van der Waals surface area contributed by atoms with Crippen molar-refractivity contribution in [3.8, 4) is 5.88 Å². The quantitative estimate of drug-likeness (QED) is 0.814. The third-order valence-corrected chi connectivity index (χ3v) is 3.52. The van der Waals surface area contributed by atoms with E-state index in [1.165, 1.54) is 24.0 Å². The van der Waals surface area contributed by atoms with Crippen molar-refractivity contribution in [3.63, 3.8) is 0 Å². The van der Waals surface area contributed by atoms with Gasteiger partial charge in [0, 0.05) is 17.8 Å². The van der Waals surface area contributed by atoms with Gasteiger partial charge in [0.1, 0.15) is 6.61 Å². The molecule has 0 atom stereocenters. The van der Waals surface area contributed by atoms with Gasteiger partial charge in [-0.25, -0.2) is 0 Å². The van der Waals surface area contributed by atoms with Gasteiger partial charge in [0.2, 0.25) is 5.88 Å². The number of nitrogens with zero attached hydrogens (tertiary/aromatic N) is 1. The predicted molar refractivity (Wildman–Crippen MR) is 78.8 cm³/mol. The lowest BCUT2D eigenvalue weighted by atomic mass is 10.1. The van der Waals surface area contributed by atoms with E-state index in [0.717, 1.165) is 24.7 Å². The highest BCUT2D eigenvalue weighted by Gasteiger charge is 2.19. The molecule has 1 aromatic heterocycles. The fourth-order valence-electron chi connectivity index (χ4n) is 2.13. The Balaban J connectivity index is 1.45. The molecule has 2 aromatic rings. The second kappa shape index (κ2) is 6.09. The Morgan fingerprint density at radius 2 is 2.00 bits per heavy atom. The van der Waals surface area contributed by atoms with Crippen LogP contribution in [0.1, 0.15) is 29.7 Å². The van der Waals surface area contributed by atoms with E-state index in [1.54, 1.807) is 0 Å². The second-order valence-electron chi connectivity index (χ2n) is 5.47. The molecule has 1 aliphatic rings. The Bertz CT molecular complexity index is 543. The summed E-state index contributed by atoms with van der Waals surface area (Å²) in [4.78, 5) is 0. The van der Waals surface area contributed by atoms with Crippen LogP contribution in [0.5, 0.6) is 5.88 Å². The zero-order chi connectivity index (χ0) is 13.8. The molecule has 0 amide bonds. The largest absolute Gasteiger partial charge is 0.472 e. The van der Waals surface area contributed by atoms with E-state index >= 15 is 0 Å². The Kier molecular flexibility index (Phi) is 4.02. The van der Waals surface area contributed by atoms with Gasteiger partial charge in [-0.15, -0.1) is 5.10 Å². The van der Waals surface area contributed by atoms with Crippen LogP contribution < -0.4 is 10.1 Å². The summed E-state index contributed by atoms with van der Waals surface area (Å²) < 4.78 is 5.62. The summed E-state index contributed by atoms with van der Waals surface area (Å²) in [6.45, 7) is 3.60. The maximum Gasteiger partial charge on any atom is 0.233 e. The molecule has 1 aromatic carbocycles. The van der Waals surface area contributed by atoms with Crippen LogP contribution in [0, 0.1) is 6.92 Å². The number of hydrogen-bond acceptors (Lipinski definition) is 3. The Morgan fingerprint density at radius 3 is 2.65 bits per heavy atom. The van der Waals surface area contributed by atoms with Crippen molar-refractivity contribution < 1.29 is 4.74 Å². The summed E-state index contributed by atoms with van der Waals surface area (Å²) in [6, 6.07) is 11.3. The molecule has 4 heteroatoms. The van der Waals surface area contributed by atoms with Gasteiger partial charge < -0.3 is 10.1 Å². The number of H-pyrrole nitrogens is 1. The summed E-state index contributed by atoms with van der Waals surface area (Å²) in [7, 11) is 0. The summed E-state index contributed by atoms with van der Waals surface area (Å²) >= 11 is 0. The average Bonchev–Trinajstić information content (AvgIpc) is 3.19. The number of nitrogens with one attached hydrogen (secondary N) is 2. The molecule has 0 unspecified atom stereocenters. The van der Waals surface area contributed by atoms with E-state index in [2.05, 4.69) is 39.8 Å². The molecular weight excluding hydrogens is 250 g/mol. The molecule has 20 heavy (non-hydrogen) atoms. The minimum Gasteiger partial charge on any atom is -0.472 e. The van der Waals surface area contributed by atoms with Gasteiger partial charge in [-0.2, -0.15) is 0 Å². The first kappa shape index (κ1) is 13.2. The fraction of sp³-hybridized carbons (Fsp3) is 0.438. The maximum atomic E-state index is 5.62. The number of hydrogen-bond donors (Lipinski definition) is 2. The predicted octanol–water partition coefficient (Wildman–Crippen LogP) is 2.59. The lowest BCUT2D eigenvalue weighted by molar-refractivity contribution is 0.293. The average molecular weight is 271 g/mol. The number of aromatic amines is 1.